The van der Waals surface area contributed by atoms with E-state index in [1.807, 2.05) is 0 Å². The molecule has 0 heterocycles. The van der Waals surface area contributed by atoms with E-state index < -0.39 is 10.4 Å². The highest BCUT2D eigenvalue weighted by Crippen LogP contribution is 1.64. The molecule has 8 N–H and O–H groups in total. The van der Waals surface area contributed by atoms with Gasteiger partial charge in [0.05, 0.1) is 0 Å². The van der Waals surface area contributed by atoms with Crippen LogP contribution in [-0.4, -0.2) is 36.5 Å². The average Bonchev–Trinajstić information content (AvgIpc) is 1.82. The van der Waals surface area contributed by atoms with Gasteiger partial charge in [0.15, 0.2) is 5.96 Å². The van der Waals surface area contributed by atoms with E-state index >= 15 is 0 Å². The lowest BCUT2D eigenvalue weighted by molar-refractivity contribution is 0.381. The minimum Gasteiger partial charge on any atom is -0.370 e. The molecular weight excluding hydrogens is 202 g/mol. The second kappa shape index (κ2) is 6.16. The quantitative estimate of drug-likeness (QED) is 0.168. The molecule has 0 aromatic heterocycles. The first-order valence-electron chi connectivity index (χ1n) is 2.68. The van der Waals surface area contributed by atoms with Gasteiger partial charge in [0, 0.05) is 7.05 Å². The van der Waals surface area contributed by atoms with Crippen LogP contribution in [0.5, 0.6) is 0 Å². The van der Waals surface area contributed by atoms with Gasteiger partial charge in [-0.25, -0.2) is 0 Å². The minimum atomic E-state index is -4.67. The molecule has 13 heavy (non-hydrogen) atoms. The Morgan fingerprint density at radius 2 is 1.54 bits per heavy atom. The van der Waals surface area contributed by atoms with Crippen molar-refractivity contribution in [3.63, 3.8) is 0 Å². The summed E-state index contributed by atoms with van der Waals surface area (Å²) in [5.41, 5.74) is 14.9. The fourth-order valence-electron chi connectivity index (χ4n) is 0.182. The van der Waals surface area contributed by atoms with E-state index in [1.165, 1.54) is 7.05 Å². The van der Waals surface area contributed by atoms with E-state index in [0.717, 1.165) is 0 Å². The molecule has 78 valence electrons. The molecule has 9 nitrogen and oxygen atoms in total. The molecule has 0 aromatic rings. The van der Waals surface area contributed by atoms with Gasteiger partial charge in [-0.1, -0.05) is 0 Å². The molecule has 0 radical (unpaired) electrons. The van der Waals surface area contributed by atoms with Gasteiger partial charge in [0.1, 0.15) is 0 Å². The third-order valence-electron chi connectivity index (χ3n) is 0.473. The molecular formula is C3H11N5O4S. The van der Waals surface area contributed by atoms with E-state index in [2.05, 4.69) is 9.98 Å². The molecule has 0 aromatic carbocycles. The van der Waals surface area contributed by atoms with E-state index in [9.17, 15) is 0 Å². The SMILES string of the molecule is CN=C(N)N=C(N)N.O=S(=O)(O)O. The number of rotatable bonds is 0. The topological polar surface area (TPSA) is 177 Å². The number of guanidine groups is 2. The van der Waals surface area contributed by atoms with Crippen LogP contribution in [0.4, 0.5) is 0 Å². The van der Waals surface area contributed by atoms with Crippen molar-refractivity contribution in [2.24, 2.45) is 27.2 Å². The molecule has 0 aliphatic heterocycles. The van der Waals surface area contributed by atoms with Crippen molar-refractivity contribution in [1.82, 2.24) is 0 Å². The predicted molar refractivity (Wildman–Crippen MR) is 47.5 cm³/mol. The van der Waals surface area contributed by atoms with Crippen LogP contribution >= 0.6 is 0 Å². The van der Waals surface area contributed by atoms with Crippen molar-refractivity contribution in [3.05, 3.63) is 0 Å². The highest BCUT2D eigenvalue weighted by molar-refractivity contribution is 7.79. The van der Waals surface area contributed by atoms with Crippen molar-refractivity contribution in [3.8, 4) is 0 Å². The lowest BCUT2D eigenvalue weighted by atomic mass is 10.9. The Labute approximate surface area is 74.9 Å². The summed E-state index contributed by atoms with van der Waals surface area (Å²) in [5.74, 6) is 0.0121. The monoisotopic (exact) mass is 213 g/mol. The molecule has 0 bridgehead atoms. The van der Waals surface area contributed by atoms with Crippen LogP contribution in [0.25, 0.3) is 0 Å². The fraction of sp³-hybridized carbons (Fsp3) is 0.333. The highest BCUT2D eigenvalue weighted by Gasteiger charge is 1.84. The highest BCUT2D eigenvalue weighted by atomic mass is 32.3. The molecule has 0 atom stereocenters. The predicted octanol–water partition coefficient (Wildman–Crippen LogP) is -2.45. The zero-order chi connectivity index (χ0) is 11.1. The van der Waals surface area contributed by atoms with E-state index in [-0.39, 0.29) is 11.9 Å². The van der Waals surface area contributed by atoms with Crippen molar-refractivity contribution in [1.29, 1.82) is 0 Å². The second-order valence-corrected chi connectivity index (χ2v) is 2.46. The van der Waals surface area contributed by atoms with E-state index in [0.29, 0.717) is 0 Å². The molecule has 0 aliphatic rings. The summed E-state index contributed by atoms with van der Waals surface area (Å²) >= 11 is 0. The van der Waals surface area contributed by atoms with Crippen LogP contribution in [0.1, 0.15) is 0 Å². The number of aliphatic imine (C=N–C) groups is 2. The Kier molecular flexibility index (Phi) is 6.71. The van der Waals surface area contributed by atoms with Gasteiger partial charge in [0.25, 0.3) is 0 Å². The summed E-state index contributed by atoms with van der Waals surface area (Å²) in [6, 6.07) is 0. The summed E-state index contributed by atoms with van der Waals surface area (Å²) in [5, 5.41) is 0. The number of nitrogens with zero attached hydrogens (tertiary/aromatic N) is 2. The smallest absolute Gasteiger partial charge is 0.370 e. The third kappa shape index (κ3) is 37.0. The summed E-state index contributed by atoms with van der Waals surface area (Å²) < 4.78 is 31.6. The van der Waals surface area contributed by atoms with Crippen LogP contribution in [0.15, 0.2) is 9.98 Å². The maximum Gasteiger partial charge on any atom is 0.394 e. The van der Waals surface area contributed by atoms with E-state index in [4.69, 9.17) is 34.7 Å². The molecule has 10 heteroatoms. The standard InChI is InChI=1S/C3H9N5.H2O4S/c1-7-3(6)8-2(4)5;1-5(2,3)4/h1H3,(H6,4,5,6,7,8);(H2,1,2,3,4). The molecule has 0 saturated heterocycles. The first-order valence-corrected chi connectivity index (χ1v) is 4.08. The molecule has 0 unspecified atom stereocenters. The van der Waals surface area contributed by atoms with Crippen molar-refractivity contribution in [2.45, 2.75) is 0 Å². The van der Waals surface area contributed by atoms with Crippen molar-refractivity contribution >= 4 is 22.3 Å². The van der Waals surface area contributed by atoms with Gasteiger partial charge >= 0.3 is 10.4 Å². The van der Waals surface area contributed by atoms with Crippen molar-refractivity contribution < 1.29 is 17.5 Å². The number of nitrogens with two attached hydrogens (primary N) is 3. The average molecular weight is 213 g/mol. The zero-order valence-electron chi connectivity index (χ0n) is 6.75. The van der Waals surface area contributed by atoms with Crippen LogP contribution in [-0.2, 0) is 10.4 Å². The van der Waals surface area contributed by atoms with Crippen molar-refractivity contribution in [2.75, 3.05) is 7.05 Å². The molecule has 0 fully saturated rings. The molecule has 0 aliphatic carbocycles. The van der Waals surface area contributed by atoms with Gasteiger partial charge in [-0.2, -0.15) is 13.4 Å². The van der Waals surface area contributed by atoms with Gasteiger partial charge in [-0.3, -0.25) is 14.1 Å². The zero-order valence-corrected chi connectivity index (χ0v) is 7.56. The van der Waals surface area contributed by atoms with E-state index in [1.54, 1.807) is 0 Å². The minimum absolute atomic E-state index is 0.0758. The van der Waals surface area contributed by atoms with Gasteiger partial charge in [-0.15, -0.1) is 0 Å². The van der Waals surface area contributed by atoms with Gasteiger partial charge in [0.2, 0.25) is 5.96 Å². The second-order valence-electron chi connectivity index (χ2n) is 1.57. The number of hydrogen-bond donors (Lipinski definition) is 5. The molecule has 0 rings (SSSR count). The first-order chi connectivity index (χ1) is 5.66. The Balaban J connectivity index is 0. The van der Waals surface area contributed by atoms with Gasteiger partial charge < -0.3 is 17.2 Å². The largest absolute Gasteiger partial charge is 0.394 e. The lowest BCUT2D eigenvalue weighted by Crippen LogP contribution is -2.26. The van der Waals surface area contributed by atoms with Gasteiger partial charge in [-0.05, 0) is 0 Å². The Hall–Kier alpha value is -1.39. The number of hydrogen-bond acceptors (Lipinski definition) is 3. The fourth-order valence-corrected chi connectivity index (χ4v) is 0.182. The lowest BCUT2D eigenvalue weighted by Gasteiger charge is -1.88. The van der Waals surface area contributed by atoms with Crippen LogP contribution in [0, 0.1) is 0 Å². The van der Waals surface area contributed by atoms with Crippen LogP contribution < -0.4 is 17.2 Å². The molecule has 0 amide bonds. The maximum atomic E-state index is 8.74. The summed E-state index contributed by atoms with van der Waals surface area (Å²) in [6.45, 7) is 0. The Morgan fingerprint density at radius 1 is 1.23 bits per heavy atom. The normalized spacial score (nSPS) is 11.2. The Morgan fingerprint density at radius 3 is 1.62 bits per heavy atom. The summed E-state index contributed by atoms with van der Waals surface area (Å²) in [4.78, 5) is 6.87. The first kappa shape index (κ1) is 14.2. The summed E-state index contributed by atoms with van der Waals surface area (Å²) in [6.07, 6.45) is 0. The third-order valence-corrected chi connectivity index (χ3v) is 0.473. The maximum absolute atomic E-state index is 8.74. The molecule has 0 spiro atoms. The Bertz CT molecular complexity index is 281. The molecule has 0 saturated carbocycles. The summed E-state index contributed by atoms with van der Waals surface area (Å²) in [7, 11) is -3.16. The van der Waals surface area contributed by atoms with Crippen LogP contribution in [0.2, 0.25) is 0 Å². The van der Waals surface area contributed by atoms with Crippen LogP contribution in [0.3, 0.4) is 0 Å².